The number of rotatable bonds is 4. The fourth-order valence-corrected chi connectivity index (χ4v) is 1.17. The first-order valence-corrected chi connectivity index (χ1v) is 5.32. The summed E-state index contributed by atoms with van der Waals surface area (Å²) in [7, 11) is 0. The van der Waals surface area contributed by atoms with E-state index in [1.54, 1.807) is 24.3 Å². The molecule has 1 rings (SSSR count). The van der Waals surface area contributed by atoms with E-state index in [-0.39, 0.29) is 12.3 Å². The predicted octanol–water partition coefficient (Wildman–Crippen LogP) is 1.37. The van der Waals surface area contributed by atoms with Gasteiger partial charge in [-0.2, -0.15) is 0 Å². The minimum absolute atomic E-state index is 0.140. The maximum absolute atomic E-state index is 11.5. The molecular weight excluding hydrogens is 251 g/mol. The molecule has 0 aliphatic carbocycles. The second kappa shape index (κ2) is 5.72. The van der Waals surface area contributed by atoms with Gasteiger partial charge in [-0.05, 0) is 24.3 Å². The maximum atomic E-state index is 11.5. The van der Waals surface area contributed by atoms with Gasteiger partial charge >= 0.3 is 0 Å². The molecule has 0 aromatic heterocycles. The molecule has 1 aromatic carbocycles. The summed E-state index contributed by atoms with van der Waals surface area (Å²) in [5.74, 6) is -0.825. The zero-order chi connectivity index (χ0) is 12.1. The van der Waals surface area contributed by atoms with Crippen molar-refractivity contribution in [3.8, 4) is 0 Å². The first-order valence-electron chi connectivity index (χ1n) is 4.45. The highest BCUT2D eigenvalue weighted by atomic mass is 35.5. The maximum Gasteiger partial charge on any atom is 0.253 e. The van der Waals surface area contributed by atoms with Crippen LogP contribution in [0.1, 0.15) is 10.4 Å². The predicted molar refractivity (Wildman–Crippen MR) is 63.7 cm³/mol. The van der Waals surface area contributed by atoms with Crippen molar-refractivity contribution in [1.82, 2.24) is 5.32 Å². The average Bonchev–Trinajstić information content (AvgIpc) is 2.26. The van der Waals surface area contributed by atoms with Gasteiger partial charge in [0.15, 0.2) is 10.6 Å². The van der Waals surface area contributed by atoms with Crippen LogP contribution in [0.4, 0.5) is 5.69 Å². The molecule has 4 nitrogen and oxygen atoms in total. The summed E-state index contributed by atoms with van der Waals surface area (Å²) in [6.45, 7) is -0.140. The number of ketones is 1. The van der Waals surface area contributed by atoms with Gasteiger partial charge in [-0.25, -0.2) is 0 Å². The van der Waals surface area contributed by atoms with Crippen LogP contribution in [-0.2, 0) is 4.79 Å². The van der Waals surface area contributed by atoms with E-state index in [0.29, 0.717) is 11.3 Å². The van der Waals surface area contributed by atoms with Crippen LogP contribution >= 0.6 is 23.2 Å². The molecule has 0 aliphatic rings. The molecule has 0 heterocycles. The van der Waals surface area contributed by atoms with Crippen LogP contribution < -0.4 is 11.1 Å². The van der Waals surface area contributed by atoms with Gasteiger partial charge < -0.3 is 11.1 Å². The molecule has 16 heavy (non-hydrogen) atoms. The number of Topliss-reactive ketones (excluding diaryl/α,β-unsaturated/α-hetero) is 1. The Hall–Kier alpha value is -1.26. The van der Waals surface area contributed by atoms with Crippen molar-refractivity contribution in [2.45, 2.75) is 4.84 Å². The van der Waals surface area contributed by atoms with E-state index < -0.39 is 10.7 Å². The summed E-state index contributed by atoms with van der Waals surface area (Å²) in [4.78, 5) is 21.4. The SMILES string of the molecule is Nc1ccc(C(=O)CNC(=O)C(Cl)Cl)cc1. The lowest BCUT2D eigenvalue weighted by Gasteiger charge is -2.04. The second-order valence-corrected chi connectivity index (χ2v) is 4.16. The number of amides is 1. The molecule has 86 valence electrons. The van der Waals surface area contributed by atoms with E-state index >= 15 is 0 Å². The van der Waals surface area contributed by atoms with Gasteiger partial charge in [0.2, 0.25) is 0 Å². The smallest absolute Gasteiger partial charge is 0.253 e. The minimum atomic E-state index is -1.17. The zero-order valence-electron chi connectivity index (χ0n) is 8.24. The van der Waals surface area contributed by atoms with Crippen molar-refractivity contribution in [2.75, 3.05) is 12.3 Å². The van der Waals surface area contributed by atoms with Gasteiger partial charge in [0.05, 0.1) is 6.54 Å². The molecule has 0 radical (unpaired) electrons. The Balaban J connectivity index is 2.53. The molecule has 0 saturated carbocycles. The lowest BCUT2D eigenvalue weighted by molar-refractivity contribution is -0.119. The van der Waals surface area contributed by atoms with Crippen LogP contribution in [0.5, 0.6) is 0 Å². The number of benzene rings is 1. The van der Waals surface area contributed by atoms with Crippen molar-refractivity contribution in [1.29, 1.82) is 0 Å². The molecular formula is C10H10Cl2N2O2. The van der Waals surface area contributed by atoms with Crippen molar-refractivity contribution in [3.63, 3.8) is 0 Å². The highest BCUT2D eigenvalue weighted by Crippen LogP contribution is 2.06. The lowest BCUT2D eigenvalue weighted by Crippen LogP contribution is -2.33. The van der Waals surface area contributed by atoms with E-state index in [0.717, 1.165) is 0 Å². The fourth-order valence-electron chi connectivity index (χ4n) is 1.02. The van der Waals surface area contributed by atoms with Gasteiger partial charge in [-0.1, -0.05) is 23.2 Å². The Morgan fingerprint density at radius 3 is 2.31 bits per heavy atom. The number of nitrogens with one attached hydrogen (secondary N) is 1. The highest BCUT2D eigenvalue weighted by Gasteiger charge is 2.13. The van der Waals surface area contributed by atoms with Gasteiger partial charge in [-0.15, -0.1) is 0 Å². The van der Waals surface area contributed by atoms with Gasteiger partial charge in [-0.3, -0.25) is 9.59 Å². The number of alkyl halides is 2. The van der Waals surface area contributed by atoms with Gasteiger partial charge in [0.25, 0.3) is 5.91 Å². The number of carbonyl (C=O) groups is 2. The molecule has 0 unspecified atom stereocenters. The first kappa shape index (κ1) is 12.8. The highest BCUT2D eigenvalue weighted by molar-refractivity contribution is 6.53. The Bertz CT molecular complexity index is 390. The third-order valence-corrected chi connectivity index (χ3v) is 2.25. The monoisotopic (exact) mass is 260 g/mol. The number of nitrogens with two attached hydrogens (primary N) is 1. The molecule has 0 atom stereocenters. The summed E-state index contributed by atoms with van der Waals surface area (Å²) in [5.41, 5.74) is 6.51. The van der Waals surface area contributed by atoms with Crippen molar-refractivity contribution >= 4 is 40.6 Å². The summed E-state index contributed by atoms with van der Waals surface area (Å²) < 4.78 is 0. The molecule has 1 amide bonds. The van der Waals surface area contributed by atoms with Crippen LogP contribution in [0.25, 0.3) is 0 Å². The lowest BCUT2D eigenvalue weighted by atomic mass is 10.1. The third kappa shape index (κ3) is 3.72. The number of hydrogen-bond donors (Lipinski definition) is 2. The topological polar surface area (TPSA) is 72.2 Å². The number of hydrogen-bond acceptors (Lipinski definition) is 3. The molecule has 0 aliphatic heterocycles. The minimum Gasteiger partial charge on any atom is -0.399 e. The third-order valence-electron chi connectivity index (χ3n) is 1.85. The second-order valence-electron chi connectivity index (χ2n) is 3.06. The van der Waals surface area contributed by atoms with E-state index in [9.17, 15) is 9.59 Å². The molecule has 0 fully saturated rings. The summed E-state index contributed by atoms with van der Waals surface area (Å²) in [6.07, 6.45) is 0. The summed E-state index contributed by atoms with van der Waals surface area (Å²) in [5, 5.41) is 2.31. The van der Waals surface area contributed by atoms with Crippen molar-refractivity contribution in [2.24, 2.45) is 0 Å². The standard InChI is InChI=1S/C10H10Cl2N2O2/c11-9(12)10(16)14-5-8(15)6-1-3-7(13)4-2-6/h1-4,9H,5,13H2,(H,14,16). The first-order chi connectivity index (χ1) is 7.50. The average molecular weight is 261 g/mol. The van der Waals surface area contributed by atoms with Crippen LogP contribution in [0.3, 0.4) is 0 Å². The quantitative estimate of drug-likeness (QED) is 0.488. The Morgan fingerprint density at radius 1 is 1.25 bits per heavy atom. The molecule has 6 heteroatoms. The zero-order valence-corrected chi connectivity index (χ0v) is 9.76. The number of carbonyl (C=O) groups excluding carboxylic acids is 2. The largest absolute Gasteiger partial charge is 0.399 e. The Kier molecular flexibility index (Phi) is 4.58. The molecule has 1 aromatic rings. The van der Waals surface area contributed by atoms with Crippen LogP contribution in [0, 0.1) is 0 Å². The summed E-state index contributed by atoms with van der Waals surface area (Å²) >= 11 is 10.6. The van der Waals surface area contributed by atoms with E-state index in [2.05, 4.69) is 5.32 Å². The fraction of sp³-hybridized carbons (Fsp3) is 0.200. The normalized spacial score (nSPS) is 10.2. The van der Waals surface area contributed by atoms with E-state index in [4.69, 9.17) is 28.9 Å². The molecule has 0 bridgehead atoms. The molecule has 0 spiro atoms. The number of nitrogen functional groups attached to an aromatic ring is 1. The van der Waals surface area contributed by atoms with Crippen LogP contribution in [0.15, 0.2) is 24.3 Å². The number of halogens is 2. The Morgan fingerprint density at radius 2 is 1.81 bits per heavy atom. The Labute approximate surface area is 103 Å². The van der Waals surface area contributed by atoms with Crippen LogP contribution in [0.2, 0.25) is 0 Å². The summed E-state index contributed by atoms with van der Waals surface area (Å²) in [6, 6.07) is 6.40. The van der Waals surface area contributed by atoms with Crippen LogP contribution in [-0.4, -0.2) is 23.1 Å². The molecule has 3 N–H and O–H groups in total. The van der Waals surface area contributed by atoms with E-state index in [1.807, 2.05) is 0 Å². The van der Waals surface area contributed by atoms with E-state index in [1.165, 1.54) is 0 Å². The number of anilines is 1. The van der Waals surface area contributed by atoms with Crippen molar-refractivity contribution < 1.29 is 9.59 Å². The van der Waals surface area contributed by atoms with Gasteiger partial charge in [0.1, 0.15) is 0 Å². The molecule has 0 saturated heterocycles. The van der Waals surface area contributed by atoms with Gasteiger partial charge in [0, 0.05) is 11.3 Å². The van der Waals surface area contributed by atoms with Crippen molar-refractivity contribution in [3.05, 3.63) is 29.8 Å².